The van der Waals surface area contributed by atoms with Gasteiger partial charge < -0.3 is 39.3 Å². The first kappa shape index (κ1) is 34.5. The molecule has 0 amide bonds. The van der Waals surface area contributed by atoms with Crippen molar-refractivity contribution in [2.75, 3.05) is 0 Å². The van der Waals surface area contributed by atoms with E-state index < -0.39 is 54.4 Å². The van der Waals surface area contributed by atoms with Gasteiger partial charge in [0.1, 0.15) is 23.9 Å². The van der Waals surface area contributed by atoms with E-state index in [1.165, 1.54) is 25.1 Å². The quantitative estimate of drug-likeness (QED) is 0.175. The van der Waals surface area contributed by atoms with Gasteiger partial charge in [-0.25, -0.2) is 14.4 Å². The summed E-state index contributed by atoms with van der Waals surface area (Å²) in [7, 11) is 0. The molecular weight excluding hydrogens is 526 g/mol. The van der Waals surface area contributed by atoms with E-state index in [0.717, 1.165) is 0 Å². The molecule has 0 saturated carbocycles. The lowest BCUT2D eigenvalue weighted by molar-refractivity contribution is -0.144. The van der Waals surface area contributed by atoms with Crippen molar-refractivity contribution in [2.24, 2.45) is 17.6 Å². The van der Waals surface area contributed by atoms with Gasteiger partial charge in [0.2, 0.25) is 0 Å². The number of hydrogen-bond donors (Lipinski definition) is 2. The van der Waals surface area contributed by atoms with Crippen LogP contribution in [-0.2, 0) is 30.2 Å². The van der Waals surface area contributed by atoms with Gasteiger partial charge in [0.25, 0.3) is 0 Å². The summed E-state index contributed by atoms with van der Waals surface area (Å²) in [5.74, 6) is -1.66. The maximum atomic E-state index is 12.5. The van der Waals surface area contributed by atoms with E-state index in [9.17, 15) is 24.3 Å². The number of hydrogen-bond acceptors (Lipinski definition) is 11. The van der Waals surface area contributed by atoms with Gasteiger partial charge >= 0.3 is 24.4 Å². The molecule has 4 atom stereocenters. The summed E-state index contributed by atoms with van der Waals surface area (Å²) in [6.45, 7) is 15.6. The van der Waals surface area contributed by atoms with E-state index in [1.807, 2.05) is 27.7 Å². The highest BCUT2D eigenvalue weighted by atomic mass is 16.8. The first-order valence-corrected chi connectivity index (χ1v) is 13.2. The monoisotopic (exact) mass is 569 g/mol. The van der Waals surface area contributed by atoms with Crippen LogP contribution in [0, 0.1) is 11.8 Å². The van der Waals surface area contributed by atoms with Crippen LogP contribution in [0.4, 0.5) is 14.4 Å². The zero-order valence-corrected chi connectivity index (χ0v) is 24.7. The standard InChI is InChI=1S/C28H43NO11/c1-15(2)19(8)37-26(33)39-22-11-10-21(12-23(22)40-27(34)38-20(9)16(3)4)14-28(29,24(30)31)13-18(7)36-25(32)35-17(5)6/h10-12,15-20H,13-14,29H2,1-9H3,(H,30,31)/t18-,19?,20?,28?/m0/s1. The molecule has 12 nitrogen and oxygen atoms in total. The van der Waals surface area contributed by atoms with Crippen LogP contribution in [0.1, 0.15) is 74.3 Å². The molecule has 40 heavy (non-hydrogen) atoms. The van der Waals surface area contributed by atoms with Gasteiger partial charge in [0.05, 0.1) is 6.10 Å². The highest BCUT2D eigenvalue weighted by Gasteiger charge is 2.37. The van der Waals surface area contributed by atoms with Crippen molar-refractivity contribution >= 4 is 24.4 Å². The van der Waals surface area contributed by atoms with Crippen molar-refractivity contribution in [3.63, 3.8) is 0 Å². The first-order chi connectivity index (χ1) is 18.4. The lowest BCUT2D eigenvalue weighted by atomic mass is 9.86. The number of benzene rings is 1. The molecule has 1 aromatic rings. The molecule has 12 heteroatoms. The zero-order valence-electron chi connectivity index (χ0n) is 24.7. The Morgan fingerprint density at radius 1 is 0.750 bits per heavy atom. The average Bonchev–Trinajstić information content (AvgIpc) is 2.79. The van der Waals surface area contributed by atoms with E-state index in [-0.39, 0.29) is 36.2 Å². The molecule has 0 radical (unpaired) electrons. The third-order valence-corrected chi connectivity index (χ3v) is 6.06. The summed E-state index contributed by atoms with van der Waals surface area (Å²) in [6, 6.07) is 4.11. The van der Waals surface area contributed by atoms with Crippen LogP contribution in [0.15, 0.2) is 18.2 Å². The molecule has 0 fully saturated rings. The fourth-order valence-electron chi connectivity index (χ4n) is 3.17. The van der Waals surface area contributed by atoms with Crippen molar-refractivity contribution in [3.8, 4) is 11.5 Å². The Morgan fingerprint density at radius 3 is 1.70 bits per heavy atom. The van der Waals surface area contributed by atoms with E-state index in [0.29, 0.717) is 5.56 Å². The number of ether oxygens (including phenoxy) is 6. The van der Waals surface area contributed by atoms with Gasteiger partial charge in [0.15, 0.2) is 11.5 Å². The Kier molecular flexibility index (Phi) is 13.2. The van der Waals surface area contributed by atoms with Gasteiger partial charge in [-0.15, -0.1) is 0 Å². The Hall–Kier alpha value is -3.54. The van der Waals surface area contributed by atoms with Gasteiger partial charge in [-0.05, 0) is 64.2 Å². The van der Waals surface area contributed by atoms with Crippen LogP contribution in [0.5, 0.6) is 11.5 Å². The van der Waals surface area contributed by atoms with E-state index in [4.69, 9.17) is 34.2 Å². The molecule has 0 spiro atoms. The summed E-state index contributed by atoms with van der Waals surface area (Å²) in [5, 5.41) is 9.90. The number of aliphatic carboxylic acids is 1. The molecule has 0 heterocycles. The zero-order chi connectivity index (χ0) is 30.8. The third kappa shape index (κ3) is 11.7. The highest BCUT2D eigenvalue weighted by molar-refractivity contribution is 5.79. The molecular formula is C28H43NO11. The summed E-state index contributed by atoms with van der Waals surface area (Å²) < 4.78 is 31.2. The molecule has 0 aromatic heterocycles. The van der Waals surface area contributed by atoms with E-state index >= 15 is 0 Å². The van der Waals surface area contributed by atoms with Crippen LogP contribution in [0.25, 0.3) is 0 Å². The lowest BCUT2D eigenvalue weighted by Gasteiger charge is -2.28. The minimum Gasteiger partial charge on any atom is -0.480 e. The molecule has 0 aliphatic rings. The van der Waals surface area contributed by atoms with Crippen LogP contribution < -0.4 is 15.2 Å². The van der Waals surface area contributed by atoms with Crippen LogP contribution in [0.3, 0.4) is 0 Å². The maximum absolute atomic E-state index is 12.5. The third-order valence-electron chi connectivity index (χ3n) is 6.06. The summed E-state index contributed by atoms with van der Waals surface area (Å²) >= 11 is 0. The molecule has 0 aliphatic carbocycles. The fourth-order valence-corrected chi connectivity index (χ4v) is 3.17. The average molecular weight is 570 g/mol. The number of rotatable bonds is 13. The Morgan fingerprint density at radius 2 is 1.25 bits per heavy atom. The highest BCUT2D eigenvalue weighted by Crippen LogP contribution is 2.32. The van der Waals surface area contributed by atoms with Crippen LogP contribution >= 0.6 is 0 Å². The van der Waals surface area contributed by atoms with Gasteiger partial charge in [-0.3, -0.25) is 4.79 Å². The second kappa shape index (κ2) is 15.3. The molecule has 0 bridgehead atoms. The van der Waals surface area contributed by atoms with Crippen LogP contribution in [-0.4, -0.2) is 59.5 Å². The molecule has 3 N–H and O–H groups in total. The second-order valence-electron chi connectivity index (χ2n) is 10.8. The topological polar surface area (TPSA) is 170 Å². The van der Waals surface area contributed by atoms with Crippen molar-refractivity contribution in [2.45, 2.75) is 105 Å². The number of carboxylic acid groups (broad SMARTS) is 1. The molecule has 0 aliphatic heterocycles. The molecule has 3 unspecified atom stereocenters. The minimum atomic E-state index is -1.88. The number of carbonyl (C=O) groups excluding carboxylic acids is 3. The predicted molar refractivity (Wildman–Crippen MR) is 144 cm³/mol. The van der Waals surface area contributed by atoms with Gasteiger partial charge in [-0.2, -0.15) is 0 Å². The second-order valence-corrected chi connectivity index (χ2v) is 10.8. The Bertz CT molecular complexity index is 1020. The first-order valence-electron chi connectivity index (χ1n) is 13.2. The summed E-state index contributed by atoms with van der Waals surface area (Å²) in [6.07, 6.45) is -5.72. The molecule has 1 aromatic carbocycles. The van der Waals surface area contributed by atoms with Gasteiger partial charge in [0, 0.05) is 12.8 Å². The Balaban J connectivity index is 3.24. The van der Waals surface area contributed by atoms with Crippen molar-refractivity contribution in [1.82, 2.24) is 0 Å². The van der Waals surface area contributed by atoms with E-state index in [1.54, 1.807) is 27.7 Å². The van der Waals surface area contributed by atoms with Crippen molar-refractivity contribution in [3.05, 3.63) is 23.8 Å². The largest absolute Gasteiger partial charge is 0.514 e. The van der Waals surface area contributed by atoms with Crippen molar-refractivity contribution < 1.29 is 52.7 Å². The molecule has 226 valence electrons. The number of nitrogens with two attached hydrogens (primary N) is 1. The summed E-state index contributed by atoms with van der Waals surface area (Å²) in [4.78, 5) is 48.8. The SMILES string of the molecule is CC(C)OC(=O)O[C@@H](C)CC(N)(Cc1ccc(OC(=O)OC(C)C(C)C)c(OC(=O)OC(C)C(C)C)c1)C(=O)O. The smallest absolute Gasteiger partial charge is 0.480 e. The number of carbonyl (C=O) groups is 4. The lowest BCUT2D eigenvalue weighted by Crippen LogP contribution is -2.52. The Labute approximate surface area is 235 Å². The predicted octanol–water partition coefficient (Wildman–Crippen LogP) is 5.47. The normalized spacial score (nSPS) is 15.0. The van der Waals surface area contributed by atoms with E-state index in [2.05, 4.69) is 0 Å². The molecule has 1 rings (SSSR count). The van der Waals surface area contributed by atoms with Crippen LogP contribution in [0.2, 0.25) is 0 Å². The minimum absolute atomic E-state index is 0.0116. The summed E-state index contributed by atoms with van der Waals surface area (Å²) in [5.41, 5.74) is 4.69. The van der Waals surface area contributed by atoms with Gasteiger partial charge in [-0.1, -0.05) is 33.8 Å². The molecule has 0 saturated heterocycles. The van der Waals surface area contributed by atoms with Crippen molar-refractivity contribution in [1.29, 1.82) is 0 Å². The maximum Gasteiger partial charge on any atom is 0.514 e. The number of carboxylic acids is 1. The fraction of sp³-hybridized carbons (Fsp3) is 0.643.